The third kappa shape index (κ3) is 4.77. The standard InChI is InChI=1S/C22H26F6O8/c1-19(2)34-15(17(31)33-14-11-4-9-3-10(6-11)7-12(14)5-9)16(35-19)18(32)36-20(8-13(29)30,21(23,24)25)22(26,27)28/h9-12,14-16H,3-8H2,1-2H3,(H,29,30). The molecule has 4 saturated carbocycles. The Labute approximate surface area is 201 Å². The van der Waals surface area contributed by atoms with E-state index < -0.39 is 66.4 Å². The normalized spacial score (nSPS) is 35.5. The van der Waals surface area contributed by atoms with Crippen molar-refractivity contribution in [2.75, 3.05) is 0 Å². The number of esters is 2. The van der Waals surface area contributed by atoms with E-state index in [0.29, 0.717) is 11.8 Å². The number of hydrogen-bond donors (Lipinski definition) is 1. The van der Waals surface area contributed by atoms with E-state index in [1.807, 2.05) is 0 Å². The van der Waals surface area contributed by atoms with Crippen molar-refractivity contribution in [2.45, 2.75) is 94.4 Å². The smallest absolute Gasteiger partial charge is 0.438 e. The quantitative estimate of drug-likeness (QED) is 0.407. The lowest BCUT2D eigenvalue weighted by molar-refractivity contribution is -0.371. The molecule has 1 saturated heterocycles. The largest absolute Gasteiger partial charge is 0.481 e. The van der Waals surface area contributed by atoms with Crippen LogP contribution in [0.3, 0.4) is 0 Å². The number of rotatable bonds is 6. The molecule has 5 fully saturated rings. The van der Waals surface area contributed by atoms with Gasteiger partial charge in [-0.15, -0.1) is 0 Å². The van der Waals surface area contributed by atoms with E-state index in [-0.39, 0.29) is 11.8 Å². The molecule has 2 unspecified atom stereocenters. The Morgan fingerprint density at radius 3 is 1.69 bits per heavy atom. The maximum absolute atomic E-state index is 13.5. The fourth-order valence-corrected chi connectivity index (χ4v) is 6.33. The Hall–Kier alpha value is -2.09. The van der Waals surface area contributed by atoms with Gasteiger partial charge in [0.15, 0.2) is 18.0 Å². The summed E-state index contributed by atoms with van der Waals surface area (Å²) < 4.78 is 101. The average Bonchev–Trinajstić information content (AvgIpc) is 3.03. The second-order valence-corrected chi connectivity index (χ2v) is 10.6. The second kappa shape index (κ2) is 8.74. The lowest BCUT2D eigenvalue weighted by atomic mass is 9.55. The zero-order chi connectivity index (χ0) is 26.8. The van der Waals surface area contributed by atoms with Gasteiger partial charge in [0, 0.05) is 0 Å². The maximum atomic E-state index is 13.5. The van der Waals surface area contributed by atoms with Gasteiger partial charge in [0.05, 0.1) is 0 Å². The Kier molecular flexibility index (Phi) is 6.55. The molecule has 2 atom stereocenters. The van der Waals surface area contributed by atoms with E-state index in [2.05, 4.69) is 4.74 Å². The number of hydrogen-bond acceptors (Lipinski definition) is 7. The lowest BCUT2D eigenvalue weighted by Gasteiger charge is -2.53. The summed E-state index contributed by atoms with van der Waals surface area (Å²) in [6.07, 6.45) is -15.7. The van der Waals surface area contributed by atoms with Gasteiger partial charge in [0.25, 0.3) is 0 Å². The number of alkyl halides is 6. The molecule has 0 spiro atoms. The first-order valence-corrected chi connectivity index (χ1v) is 11.6. The minimum atomic E-state index is -6.34. The molecule has 0 amide bonds. The first-order valence-electron chi connectivity index (χ1n) is 11.6. The monoisotopic (exact) mass is 532 g/mol. The molecule has 0 aromatic carbocycles. The van der Waals surface area contributed by atoms with Crippen LogP contribution in [0.15, 0.2) is 0 Å². The highest BCUT2D eigenvalue weighted by atomic mass is 19.4. The minimum absolute atomic E-state index is 0.0737. The minimum Gasteiger partial charge on any atom is -0.481 e. The summed E-state index contributed by atoms with van der Waals surface area (Å²) in [7, 11) is 0. The van der Waals surface area contributed by atoms with Crippen LogP contribution in [0.4, 0.5) is 26.3 Å². The van der Waals surface area contributed by atoms with E-state index in [9.17, 15) is 40.7 Å². The topological polar surface area (TPSA) is 108 Å². The Morgan fingerprint density at radius 2 is 1.28 bits per heavy atom. The van der Waals surface area contributed by atoms with Gasteiger partial charge < -0.3 is 24.1 Å². The van der Waals surface area contributed by atoms with Crippen molar-refractivity contribution in [3.8, 4) is 0 Å². The fourth-order valence-electron chi connectivity index (χ4n) is 6.33. The summed E-state index contributed by atoms with van der Waals surface area (Å²) in [4.78, 5) is 36.6. The molecular weight excluding hydrogens is 506 g/mol. The molecule has 4 aliphatic carbocycles. The van der Waals surface area contributed by atoms with Crippen molar-refractivity contribution in [3.63, 3.8) is 0 Å². The van der Waals surface area contributed by atoms with Gasteiger partial charge in [0.2, 0.25) is 0 Å². The van der Waals surface area contributed by atoms with Crippen LogP contribution < -0.4 is 0 Å². The number of halogens is 6. The number of aliphatic carboxylic acids is 1. The molecular formula is C22H26F6O8. The van der Waals surface area contributed by atoms with Crippen LogP contribution in [0.5, 0.6) is 0 Å². The second-order valence-electron chi connectivity index (χ2n) is 10.6. The average molecular weight is 532 g/mol. The fraction of sp³-hybridized carbons (Fsp3) is 0.864. The summed E-state index contributed by atoms with van der Waals surface area (Å²) >= 11 is 0. The number of carbonyl (C=O) groups excluding carboxylic acids is 2. The van der Waals surface area contributed by atoms with Crippen LogP contribution in [-0.2, 0) is 33.3 Å². The number of carbonyl (C=O) groups is 3. The third-order valence-electron chi connectivity index (χ3n) is 7.54. The van der Waals surface area contributed by atoms with Crippen molar-refractivity contribution in [3.05, 3.63) is 0 Å². The first-order chi connectivity index (χ1) is 16.4. The van der Waals surface area contributed by atoms with E-state index in [4.69, 9.17) is 19.3 Å². The van der Waals surface area contributed by atoms with Crippen LogP contribution in [0.25, 0.3) is 0 Å². The number of carboxylic acids is 1. The molecule has 0 aromatic rings. The van der Waals surface area contributed by atoms with Gasteiger partial charge in [-0.1, -0.05) is 0 Å². The molecule has 0 aromatic heterocycles. The molecule has 4 bridgehead atoms. The predicted molar refractivity (Wildman–Crippen MR) is 104 cm³/mol. The van der Waals surface area contributed by atoms with Crippen molar-refractivity contribution in [1.82, 2.24) is 0 Å². The van der Waals surface area contributed by atoms with E-state index >= 15 is 0 Å². The molecule has 1 heterocycles. The predicted octanol–water partition coefficient (Wildman–Crippen LogP) is 3.76. The van der Waals surface area contributed by atoms with Gasteiger partial charge in [0.1, 0.15) is 12.5 Å². The SMILES string of the molecule is CC1(C)OC(C(=O)OC2C3CC4CC(C3)CC2C4)C(C(=O)OC(CC(=O)O)(C(F)(F)F)C(F)(F)F)O1. The van der Waals surface area contributed by atoms with Gasteiger partial charge >= 0.3 is 35.9 Å². The van der Waals surface area contributed by atoms with Gasteiger partial charge in [-0.2, -0.15) is 26.3 Å². The van der Waals surface area contributed by atoms with E-state index in [0.717, 1.165) is 32.1 Å². The lowest BCUT2D eigenvalue weighted by Crippen LogP contribution is -2.62. The molecule has 1 N–H and O–H groups in total. The molecule has 14 heteroatoms. The van der Waals surface area contributed by atoms with Gasteiger partial charge in [-0.05, 0) is 69.6 Å². The number of ether oxygens (including phenoxy) is 4. The Balaban J connectivity index is 1.55. The number of carboxylic acid groups (broad SMARTS) is 1. The van der Waals surface area contributed by atoms with E-state index in [1.165, 1.54) is 13.8 Å². The zero-order valence-corrected chi connectivity index (χ0v) is 19.4. The summed E-state index contributed by atoms with van der Waals surface area (Å²) in [5.41, 5.74) is -5.37. The molecule has 5 rings (SSSR count). The van der Waals surface area contributed by atoms with E-state index in [1.54, 1.807) is 0 Å². The van der Waals surface area contributed by atoms with Crippen LogP contribution in [-0.4, -0.2) is 65.1 Å². The molecule has 1 aliphatic heterocycles. The molecule has 5 aliphatic rings. The highest BCUT2D eigenvalue weighted by Gasteiger charge is 2.75. The van der Waals surface area contributed by atoms with Crippen LogP contribution in [0, 0.1) is 23.7 Å². The van der Waals surface area contributed by atoms with Crippen molar-refractivity contribution < 1.29 is 64.8 Å². The highest BCUT2D eigenvalue weighted by molar-refractivity contribution is 5.87. The van der Waals surface area contributed by atoms with Gasteiger partial charge in [-0.3, -0.25) is 4.79 Å². The van der Waals surface area contributed by atoms with Gasteiger partial charge in [-0.25, -0.2) is 9.59 Å². The molecule has 204 valence electrons. The first kappa shape index (κ1) is 27.0. The van der Waals surface area contributed by atoms with Crippen molar-refractivity contribution in [1.29, 1.82) is 0 Å². The Morgan fingerprint density at radius 1 is 0.833 bits per heavy atom. The summed E-state index contributed by atoms with van der Waals surface area (Å²) in [5, 5.41) is 8.74. The summed E-state index contributed by atoms with van der Waals surface area (Å²) in [6.45, 7) is 2.39. The highest BCUT2D eigenvalue weighted by Crippen LogP contribution is 2.55. The molecule has 36 heavy (non-hydrogen) atoms. The third-order valence-corrected chi connectivity index (χ3v) is 7.54. The molecule has 8 nitrogen and oxygen atoms in total. The van der Waals surface area contributed by atoms with Crippen molar-refractivity contribution in [2.24, 2.45) is 23.7 Å². The summed E-state index contributed by atoms with van der Waals surface area (Å²) in [6, 6.07) is 0. The van der Waals surface area contributed by atoms with Crippen LogP contribution in [0.1, 0.15) is 52.4 Å². The maximum Gasteiger partial charge on any atom is 0.438 e. The van der Waals surface area contributed by atoms with Crippen molar-refractivity contribution >= 4 is 17.9 Å². The summed E-state index contributed by atoms with van der Waals surface area (Å²) in [5.74, 6) is -6.48. The Bertz CT molecular complexity index is 871. The zero-order valence-electron chi connectivity index (χ0n) is 19.4. The molecule has 0 radical (unpaired) electrons. The van der Waals surface area contributed by atoms with Crippen LogP contribution >= 0.6 is 0 Å². The van der Waals surface area contributed by atoms with Crippen LogP contribution in [0.2, 0.25) is 0 Å².